The number of hydrogen-bond donors (Lipinski definition) is 3. The molecule has 0 bridgehead atoms. The molecule has 2 fully saturated rings. The highest BCUT2D eigenvalue weighted by Crippen LogP contribution is 2.30. The highest BCUT2D eigenvalue weighted by molar-refractivity contribution is 7.91. The Balaban J connectivity index is 0.000000212. The van der Waals surface area contributed by atoms with Gasteiger partial charge in [0, 0.05) is 62.7 Å². The number of carbonyl (C=O) groups excluding carboxylic acids is 1. The summed E-state index contributed by atoms with van der Waals surface area (Å²) in [6, 6.07) is 15.4. The predicted octanol–water partition coefficient (Wildman–Crippen LogP) is 3.04. The molecule has 2 aromatic heterocycles. The molecule has 0 spiro atoms. The van der Waals surface area contributed by atoms with Crippen molar-refractivity contribution in [3.63, 3.8) is 0 Å². The molecule has 300 valence electrons. The Morgan fingerprint density at radius 1 is 0.709 bits per heavy atom. The van der Waals surface area contributed by atoms with Crippen molar-refractivity contribution in [3.8, 4) is 0 Å². The lowest BCUT2D eigenvalue weighted by atomic mass is 9.98. The van der Waals surface area contributed by atoms with Gasteiger partial charge in [0.05, 0.1) is 17.6 Å². The molecular weight excluding hydrogens is 787 g/mol. The molecule has 20 heteroatoms. The van der Waals surface area contributed by atoms with Gasteiger partial charge in [-0.25, -0.2) is 16.8 Å². The molecule has 0 amide bonds. The summed E-state index contributed by atoms with van der Waals surface area (Å²) in [7, 11) is -7.40. The number of ketones is 1. The number of benzene rings is 2. The number of aliphatic hydroxyl groups is 2. The van der Waals surface area contributed by atoms with Crippen molar-refractivity contribution >= 4 is 65.0 Å². The van der Waals surface area contributed by atoms with E-state index in [1.165, 1.54) is 15.5 Å². The standard InChI is InChI=1S/C19H26N4O4S2.C16H23N5O3S2/c1-13-12-22(29(26,27)18-21-20-17(28-18)11-14(2)24)9-10-23(13)16-7-5-15(6-8-16)19(3,4)25;1-11-10-20(26(23,24)15-19-18-14(17)25-15)8-9-21(11)13-6-4-12(5-7-13)16(2,3)22/h5-8,13,25H,9-12H2,1-4H3;4-7,11,22H,8-10H2,1-3H3,(H2,17,18)/t13-;11-/m00/s1. The maximum absolute atomic E-state index is 12.9. The minimum absolute atomic E-state index is 0.00298. The summed E-state index contributed by atoms with van der Waals surface area (Å²) in [5, 5.41) is 35.6. The van der Waals surface area contributed by atoms with Crippen molar-refractivity contribution in [1.82, 2.24) is 29.0 Å². The summed E-state index contributed by atoms with van der Waals surface area (Å²) in [5.74, 6) is -0.0806. The molecule has 0 aliphatic carbocycles. The second-order valence-electron chi connectivity index (χ2n) is 14.8. The number of carbonyl (C=O) groups is 1. The van der Waals surface area contributed by atoms with Gasteiger partial charge in [0.15, 0.2) is 0 Å². The van der Waals surface area contributed by atoms with Gasteiger partial charge in [0.25, 0.3) is 20.0 Å². The number of nitrogens with two attached hydrogens (primary N) is 1. The average Bonchev–Trinajstić information content (AvgIpc) is 3.77. The third-order valence-corrected chi connectivity index (χ3v) is 15.5. The Kier molecular flexibility index (Phi) is 12.7. The van der Waals surface area contributed by atoms with E-state index in [1.54, 1.807) is 27.7 Å². The number of hydrogen-bond acceptors (Lipinski definition) is 16. The van der Waals surface area contributed by atoms with Gasteiger partial charge in [-0.15, -0.1) is 20.4 Å². The van der Waals surface area contributed by atoms with E-state index in [0.717, 1.165) is 45.2 Å². The van der Waals surface area contributed by atoms with Crippen LogP contribution in [-0.4, -0.2) is 113 Å². The Hall–Kier alpha value is -3.63. The second-order valence-corrected chi connectivity index (χ2v) is 21.1. The molecule has 4 N–H and O–H groups in total. The molecule has 2 aliphatic heterocycles. The molecule has 0 radical (unpaired) electrons. The normalized spacial score (nSPS) is 19.2. The van der Waals surface area contributed by atoms with Gasteiger partial charge in [0.1, 0.15) is 10.8 Å². The fourth-order valence-corrected chi connectivity index (χ4v) is 11.5. The molecule has 55 heavy (non-hydrogen) atoms. The maximum atomic E-state index is 12.9. The lowest BCUT2D eigenvalue weighted by molar-refractivity contribution is -0.116. The Morgan fingerprint density at radius 2 is 1.11 bits per heavy atom. The van der Waals surface area contributed by atoms with Crippen molar-refractivity contribution in [3.05, 3.63) is 64.7 Å². The molecule has 4 aromatic rings. The van der Waals surface area contributed by atoms with E-state index in [9.17, 15) is 31.8 Å². The zero-order chi connectivity index (χ0) is 40.5. The van der Waals surface area contributed by atoms with Crippen LogP contribution in [0.3, 0.4) is 0 Å². The van der Waals surface area contributed by atoms with E-state index >= 15 is 0 Å². The number of nitrogens with zero attached hydrogens (tertiary/aromatic N) is 8. The van der Waals surface area contributed by atoms with Gasteiger partial charge in [-0.05, 0) is 83.9 Å². The van der Waals surface area contributed by atoms with E-state index in [1.807, 2.05) is 62.4 Å². The van der Waals surface area contributed by atoms with Gasteiger partial charge >= 0.3 is 0 Å². The van der Waals surface area contributed by atoms with Gasteiger partial charge in [-0.1, -0.05) is 46.9 Å². The van der Waals surface area contributed by atoms with E-state index in [4.69, 9.17) is 5.73 Å². The van der Waals surface area contributed by atoms with Crippen molar-refractivity contribution < 1.29 is 31.8 Å². The summed E-state index contributed by atoms with van der Waals surface area (Å²) in [5.41, 5.74) is 7.37. The Morgan fingerprint density at radius 3 is 1.45 bits per heavy atom. The SMILES string of the molecule is CC(=O)Cc1nnc(S(=O)(=O)N2CCN(c3ccc(C(C)(C)O)cc3)[C@@H](C)C2)s1.C[C@H]1CN(S(=O)(=O)c2nnc(N)s2)CCN1c1ccc(C(C)(C)O)cc1. The highest BCUT2D eigenvalue weighted by Gasteiger charge is 2.36. The summed E-state index contributed by atoms with van der Waals surface area (Å²) in [6.07, 6.45) is 0.0952. The van der Waals surface area contributed by atoms with Crippen molar-refractivity contribution in [1.29, 1.82) is 0 Å². The van der Waals surface area contributed by atoms with E-state index in [2.05, 4.69) is 30.2 Å². The van der Waals surface area contributed by atoms with E-state index in [-0.39, 0.29) is 38.1 Å². The lowest BCUT2D eigenvalue weighted by Crippen LogP contribution is -2.53. The predicted molar refractivity (Wildman–Crippen MR) is 213 cm³/mol. The van der Waals surface area contributed by atoms with Crippen molar-refractivity contribution in [2.75, 3.05) is 54.8 Å². The lowest BCUT2D eigenvalue weighted by Gasteiger charge is -2.40. The van der Waals surface area contributed by atoms with Gasteiger partial charge in [-0.2, -0.15) is 8.61 Å². The summed E-state index contributed by atoms with van der Waals surface area (Å²) >= 11 is 1.83. The van der Waals surface area contributed by atoms with Gasteiger partial charge in [0.2, 0.25) is 13.8 Å². The number of anilines is 3. The number of rotatable bonds is 10. The quantitative estimate of drug-likeness (QED) is 0.209. The van der Waals surface area contributed by atoms with Crippen LogP contribution in [0.15, 0.2) is 57.2 Å². The monoisotopic (exact) mass is 835 g/mol. The van der Waals surface area contributed by atoms with Crippen LogP contribution in [0.25, 0.3) is 0 Å². The van der Waals surface area contributed by atoms with E-state index < -0.39 is 31.2 Å². The summed E-state index contributed by atoms with van der Waals surface area (Å²) < 4.78 is 53.9. The first kappa shape index (κ1) is 42.5. The third-order valence-electron chi connectivity index (χ3n) is 9.38. The Bertz CT molecular complexity index is 2160. The maximum Gasteiger partial charge on any atom is 0.272 e. The van der Waals surface area contributed by atoms with Crippen LogP contribution in [0.4, 0.5) is 16.5 Å². The molecule has 0 saturated carbocycles. The molecule has 0 unspecified atom stereocenters. The first-order valence-electron chi connectivity index (χ1n) is 17.7. The fourth-order valence-electron chi connectivity index (χ4n) is 6.35. The van der Waals surface area contributed by atoms with Crippen molar-refractivity contribution in [2.24, 2.45) is 0 Å². The number of sulfonamides is 2. The number of aromatic nitrogens is 4. The van der Waals surface area contributed by atoms with Gasteiger partial charge < -0.3 is 25.7 Å². The second kappa shape index (κ2) is 16.5. The average molecular weight is 836 g/mol. The first-order chi connectivity index (χ1) is 25.6. The highest BCUT2D eigenvalue weighted by atomic mass is 32.3. The van der Waals surface area contributed by atoms with Crippen LogP contribution in [0.1, 0.15) is 64.6 Å². The smallest absolute Gasteiger partial charge is 0.272 e. The first-order valence-corrected chi connectivity index (χ1v) is 22.2. The molecule has 2 aromatic carbocycles. The molecular formula is C35H49N9O7S4. The molecule has 2 atom stereocenters. The number of Topliss-reactive ketones (excluding diaryl/α,β-unsaturated/α-hetero) is 1. The van der Waals surface area contributed by atoms with Crippen LogP contribution < -0.4 is 15.5 Å². The molecule has 2 aliphatic rings. The topological polar surface area (TPSA) is 216 Å². The van der Waals surface area contributed by atoms with E-state index in [0.29, 0.717) is 44.3 Å². The van der Waals surface area contributed by atoms with Crippen LogP contribution in [0, 0.1) is 0 Å². The molecule has 4 heterocycles. The number of nitrogen functional groups attached to an aromatic ring is 1. The largest absolute Gasteiger partial charge is 0.386 e. The third kappa shape index (κ3) is 10.0. The van der Waals surface area contributed by atoms with Crippen molar-refractivity contribution in [2.45, 2.75) is 86.9 Å². The van der Waals surface area contributed by atoms with Gasteiger partial charge in [-0.3, -0.25) is 4.79 Å². The van der Waals surface area contributed by atoms with Crippen LogP contribution >= 0.6 is 22.7 Å². The summed E-state index contributed by atoms with van der Waals surface area (Å²) in [4.78, 5) is 15.5. The molecule has 2 saturated heterocycles. The molecule has 6 rings (SSSR count). The zero-order valence-corrected chi connectivity index (χ0v) is 35.2. The minimum atomic E-state index is -3.73. The fraction of sp³-hybridized carbons (Fsp3) is 0.514. The zero-order valence-electron chi connectivity index (χ0n) is 31.9. The Labute approximate surface area is 330 Å². The number of piperazine rings is 2. The van der Waals surface area contributed by atoms with Crippen LogP contribution in [0.5, 0.6) is 0 Å². The minimum Gasteiger partial charge on any atom is -0.386 e. The summed E-state index contributed by atoms with van der Waals surface area (Å²) in [6.45, 7) is 14.9. The molecule has 16 nitrogen and oxygen atoms in total. The van der Waals surface area contributed by atoms with Crippen LogP contribution in [-0.2, 0) is 42.5 Å². The van der Waals surface area contributed by atoms with Crippen LogP contribution in [0.2, 0.25) is 0 Å².